The molecule has 2 heterocycles. The smallest absolute Gasteiger partial charge is 0.245 e. The zero-order valence-electron chi connectivity index (χ0n) is 11.5. The van der Waals surface area contributed by atoms with Gasteiger partial charge in [0.15, 0.2) is 5.82 Å². The van der Waals surface area contributed by atoms with Gasteiger partial charge in [0.2, 0.25) is 5.91 Å². The number of nitrogens with one attached hydrogen (secondary N) is 1. The Morgan fingerprint density at radius 2 is 2.24 bits per heavy atom. The van der Waals surface area contributed by atoms with Crippen molar-refractivity contribution < 1.29 is 9.32 Å². The molecule has 0 saturated carbocycles. The number of carbonyl (C=O) groups is 1. The van der Waals surface area contributed by atoms with Crippen LogP contribution in [-0.2, 0) is 4.79 Å². The maximum atomic E-state index is 12.1. The summed E-state index contributed by atoms with van der Waals surface area (Å²) in [5.74, 6) is 0.291. The van der Waals surface area contributed by atoms with Crippen LogP contribution in [0.25, 0.3) is 0 Å². The lowest BCUT2D eigenvalue weighted by Gasteiger charge is -2.36. The van der Waals surface area contributed by atoms with Gasteiger partial charge in [-0.15, -0.1) is 0 Å². The van der Waals surface area contributed by atoms with Crippen LogP contribution in [0.2, 0.25) is 5.02 Å². The van der Waals surface area contributed by atoms with Crippen molar-refractivity contribution >= 4 is 34.7 Å². The predicted molar refractivity (Wildman–Crippen MR) is 82.1 cm³/mol. The molecule has 21 heavy (non-hydrogen) atoms. The molecule has 0 atom stereocenters. The third-order valence-electron chi connectivity index (χ3n) is 3.43. The first-order valence-corrected chi connectivity index (χ1v) is 6.97. The molecule has 0 spiro atoms. The lowest BCUT2D eigenvalue weighted by atomic mass is 10.1. The predicted octanol–water partition coefficient (Wildman–Crippen LogP) is 2.22. The molecule has 0 aliphatic carbocycles. The van der Waals surface area contributed by atoms with E-state index in [0.717, 1.165) is 24.5 Å². The van der Waals surface area contributed by atoms with Crippen LogP contribution in [0.3, 0.4) is 0 Å². The zero-order chi connectivity index (χ0) is 14.8. The van der Waals surface area contributed by atoms with Gasteiger partial charge in [0.1, 0.15) is 6.26 Å². The molecule has 1 N–H and O–H groups in total. The first kappa shape index (κ1) is 13.8. The minimum Gasteiger partial charge on any atom is -0.371 e. The molecule has 7 heteroatoms. The fourth-order valence-corrected chi connectivity index (χ4v) is 2.54. The monoisotopic (exact) mass is 306 g/mol. The molecule has 6 nitrogen and oxygen atoms in total. The average Bonchev–Trinajstić information content (AvgIpc) is 2.95. The van der Waals surface area contributed by atoms with E-state index >= 15 is 0 Å². The van der Waals surface area contributed by atoms with E-state index in [4.69, 9.17) is 11.6 Å². The van der Waals surface area contributed by atoms with Gasteiger partial charge in [-0.05, 0) is 18.2 Å². The van der Waals surface area contributed by atoms with Crippen molar-refractivity contribution in [3.8, 4) is 0 Å². The standard InChI is InChI=1S/C14H15ClN4O2/c1-18-5-6-19(11-3-2-10(15)8-12(11)18)9-14(20)16-13-4-7-21-17-13/h2-4,7-8H,5-6,9H2,1H3,(H,16,17,20). The summed E-state index contributed by atoms with van der Waals surface area (Å²) in [7, 11) is 2.02. The highest BCUT2D eigenvalue weighted by Gasteiger charge is 2.22. The number of hydrogen-bond donors (Lipinski definition) is 1. The van der Waals surface area contributed by atoms with Gasteiger partial charge in [-0.3, -0.25) is 4.79 Å². The topological polar surface area (TPSA) is 61.6 Å². The highest BCUT2D eigenvalue weighted by atomic mass is 35.5. The Morgan fingerprint density at radius 3 is 3.00 bits per heavy atom. The number of rotatable bonds is 3. The molecule has 1 aromatic heterocycles. The van der Waals surface area contributed by atoms with Gasteiger partial charge < -0.3 is 19.6 Å². The molecular weight excluding hydrogens is 292 g/mol. The summed E-state index contributed by atoms with van der Waals surface area (Å²) < 4.78 is 4.69. The van der Waals surface area contributed by atoms with Crippen molar-refractivity contribution in [2.45, 2.75) is 0 Å². The average molecular weight is 307 g/mol. The van der Waals surface area contributed by atoms with Gasteiger partial charge in [-0.25, -0.2) is 0 Å². The Bertz CT molecular complexity index is 644. The molecule has 2 aromatic rings. The molecule has 1 aliphatic heterocycles. The van der Waals surface area contributed by atoms with E-state index in [0.29, 0.717) is 10.8 Å². The fourth-order valence-electron chi connectivity index (χ4n) is 2.38. The second-order valence-electron chi connectivity index (χ2n) is 4.91. The van der Waals surface area contributed by atoms with Crippen LogP contribution in [0.5, 0.6) is 0 Å². The van der Waals surface area contributed by atoms with Crippen molar-refractivity contribution in [1.29, 1.82) is 0 Å². The molecule has 0 saturated heterocycles. The van der Waals surface area contributed by atoms with Gasteiger partial charge in [0.05, 0.1) is 17.9 Å². The van der Waals surface area contributed by atoms with Crippen LogP contribution < -0.4 is 15.1 Å². The van der Waals surface area contributed by atoms with Crippen LogP contribution >= 0.6 is 11.6 Å². The van der Waals surface area contributed by atoms with E-state index in [1.54, 1.807) is 6.07 Å². The second-order valence-corrected chi connectivity index (χ2v) is 5.35. The number of amides is 1. The lowest BCUT2D eigenvalue weighted by molar-refractivity contribution is -0.115. The molecule has 1 aliphatic rings. The van der Waals surface area contributed by atoms with Gasteiger partial charge in [-0.2, -0.15) is 0 Å². The maximum absolute atomic E-state index is 12.1. The highest BCUT2D eigenvalue weighted by Crippen LogP contribution is 2.34. The molecule has 0 fully saturated rings. The SMILES string of the molecule is CN1CCN(CC(=O)Nc2ccon2)c2ccc(Cl)cc21. The number of likely N-dealkylation sites (N-methyl/N-ethyl adjacent to an activating group) is 1. The van der Waals surface area contributed by atoms with Crippen LogP contribution in [-0.4, -0.2) is 37.7 Å². The van der Waals surface area contributed by atoms with E-state index < -0.39 is 0 Å². The van der Waals surface area contributed by atoms with E-state index in [-0.39, 0.29) is 12.5 Å². The minimum absolute atomic E-state index is 0.130. The molecular formula is C14H15ClN4O2. The fraction of sp³-hybridized carbons (Fsp3) is 0.286. The summed E-state index contributed by atoms with van der Waals surface area (Å²) in [6.07, 6.45) is 1.42. The van der Waals surface area contributed by atoms with Gasteiger partial charge in [-0.1, -0.05) is 16.8 Å². The summed E-state index contributed by atoms with van der Waals surface area (Å²) in [6.45, 7) is 1.87. The number of nitrogens with zero attached hydrogens (tertiary/aromatic N) is 3. The Kier molecular flexibility index (Phi) is 3.70. The molecule has 110 valence electrons. The molecule has 3 rings (SSSR count). The highest BCUT2D eigenvalue weighted by molar-refractivity contribution is 6.31. The number of carbonyl (C=O) groups excluding carboxylic acids is 1. The second kappa shape index (κ2) is 5.65. The van der Waals surface area contributed by atoms with Crippen molar-refractivity contribution in [2.24, 2.45) is 0 Å². The van der Waals surface area contributed by atoms with Crippen molar-refractivity contribution in [3.63, 3.8) is 0 Å². The maximum Gasteiger partial charge on any atom is 0.245 e. The summed E-state index contributed by atoms with van der Waals surface area (Å²) >= 11 is 6.05. The molecule has 0 unspecified atom stereocenters. The van der Waals surface area contributed by atoms with E-state index in [9.17, 15) is 4.79 Å². The number of halogens is 1. The Hall–Kier alpha value is -2.21. The van der Waals surface area contributed by atoms with E-state index in [1.807, 2.05) is 30.1 Å². The van der Waals surface area contributed by atoms with Gasteiger partial charge in [0.25, 0.3) is 0 Å². The van der Waals surface area contributed by atoms with Crippen molar-refractivity contribution in [2.75, 3.05) is 41.8 Å². The zero-order valence-corrected chi connectivity index (χ0v) is 12.3. The minimum atomic E-state index is -0.130. The summed E-state index contributed by atoms with van der Waals surface area (Å²) in [5, 5.41) is 7.05. The van der Waals surface area contributed by atoms with Crippen molar-refractivity contribution in [1.82, 2.24) is 5.16 Å². The Labute approximate surface area is 127 Å². The van der Waals surface area contributed by atoms with Crippen LogP contribution in [0, 0.1) is 0 Å². The Balaban J connectivity index is 1.75. The first-order valence-electron chi connectivity index (χ1n) is 6.59. The lowest BCUT2D eigenvalue weighted by Crippen LogP contribution is -2.43. The van der Waals surface area contributed by atoms with Gasteiger partial charge >= 0.3 is 0 Å². The molecule has 0 bridgehead atoms. The summed E-state index contributed by atoms with van der Waals surface area (Å²) in [4.78, 5) is 16.2. The van der Waals surface area contributed by atoms with Gasteiger partial charge in [0, 0.05) is 31.2 Å². The molecule has 1 aromatic carbocycles. The quantitative estimate of drug-likeness (QED) is 0.942. The first-order chi connectivity index (χ1) is 10.1. The number of hydrogen-bond acceptors (Lipinski definition) is 5. The summed E-state index contributed by atoms with van der Waals surface area (Å²) in [6, 6.07) is 7.30. The van der Waals surface area contributed by atoms with Crippen LogP contribution in [0.1, 0.15) is 0 Å². The number of benzene rings is 1. The molecule has 1 amide bonds. The largest absolute Gasteiger partial charge is 0.371 e. The van der Waals surface area contributed by atoms with Crippen molar-refractivity contribution in [3.05, 3.63) is 35.6 Å². The van der Waals surface area contributed by atoms with Crippen LogP contribution in [0.4, 0.5) is 17.2 Å². The van der Waals surface area contributed by atoms with E-state index in [1.165, 1.54) is 6.26 Å². The van der Waals surface area contributed by atoms with E-state index in [2.05, 4.69) is 19.9 Å². The third-order valence-corrected chi connectivity index (χ3v) is 3.67. The third kappa shape index (κ3) is 2.95. The normalized spacial score (nSPS) is 14.0. The summed E-state index contributed by atoms with van der Waals surface area (Å²) in [5.41, 5.74) is 2.03. The Morgan fingerprint density at radius 1 is 1.38 bits per heavy atom. The number of aromatic nitrogens is 1. The van der Waals surface area contributed by atoms with Crippen LogP contribution in [0.15, 0.2) is 35.1 Å². The number of anilines is 3. The molecule has 0 radical (unpaired) electrons. The number of fused-ring (bicyclic) bond motifs is 1.